The van der Waals surface area contributed by atoms with Gasteiger partial charge in [0, 0.05) is 12.3 Å². The molecule has 0 radical (unpaired) electrons. The maximum atomic E-state index is 11.7. The summed E-state index contributed by atoms with van der Waals surface area (Å²) in [7, 11) is 0. The van der Waals surface area contributed by atoms with E-state index in [0.29, 0.717) is 17.1 Å². The molecule has 1 nitrogen and oxygen atoms in total. The number of Topliss-reactive ketones (excluding diaryl/α,β-unsaturated/α-hetero) is 1. The molecule has 94 valence electrons. The zero-order valence-corrected chi connectivity index (χ0v) is 11.3. The smallest absolute Gasteiger partial charge is 0.135 e. The molecule has 0 amide bonds. The van der Waals surface area contributed by atoms with Gasteiger partial charge in [0.25, 0.3) is 0 Å². The van der Waals surface area contributed by atoms with Gasteiger partial charge in [-0.3, -0.25) is 4.79 Å². The fourth-order valence-corrected chi connectivity index (χ4v) is 2.74. The van der Waals surface area contributed by atoms with Crippen molar-refractivity contribution in [2.24, 2.45) is 11.3 Å². The minimum Gasteiger partial charge on any atom is -0.299 e. The molecule has 0 aromatic rings. The van der Waals surface area contributed by atoms with Gasteiger partial charge in [0.05, 0.1) is 0 Å². The average molecular weight is 224 g/mol. The Morgan fingerprint density at radius 2 is 1.94 bits per heavy atom. The first-order valence-corrected chi connectivity index (χ1v) is 7.14. The number of hydrogen-bond acceptors (Lipinski definition) is 1. The molecule has 0 aromatic heterocycles. The van der Waals surface area contributed by atoms with Crippen molar-refractivity contribution in [3.63, 3.8) is 0 Å². The van der Waals surface area contributed by atoms with Gasteiger partial charge in [-0.15, -0.1) is 0 Å². The van der Waals surface area contributed by atoms with Gasteiger partial charge < -0.3 is 0 Å². The SMILES string of the molecule is CCC(C)(CC)CCCC1CCCCC1=O. The highest BCUT2D eigenvalue weighted by Gasteiger charge is 2.24. The number of hydrogen-bond donors (Lipinski definition) is 0. The third-order valence-electron chi connectivity index (χ3n) is 4.72. The van der Waals surface area contributed by atoms with Crippen molar-refractivity contribution in [1.82, 2.24) is 0 Å². The molecular weight excluding hydrogens is 196 g/mol. The molecule has 0 aromatic carbocycles. The van der Waals surface area contributed by atoms with Gasteiger partial charge in [0.2, 0.25) is 0 Å². The first-order chi connectivity index (χ1) is 7.61. The van der Waals surface area contributed by atoms with Crippen LogP contribution in [-0.2, 0) is 4.79 Å². The van der Waals surface area contributed by atoms with Gasteiger partial charge in [-0.25, -0.2) is 0 Å². The lowest BCUT2D eigenvalue weighted by Crippen LogP contribution is -2.20. The zero-order valence-electron chi connectivity index (χ0n) is 11.3. The summed E-state index contributed by atoms with van der Waals surface area (Å²) in [4.78, 5) is 11.7. The van der Waals surface area contributed by atoms with Crippen LogP contribution in [0, 0.1) is 11.3 Å². The predicted octanol–water partition coefficient (Wildman–Crippen LogP) is 4.74. The predicted molar refractivity (Wildman–Crippen MR) is 69.5 cm³/mol. The summed E-state index contributed by atoms with van der Waals surface area (Å²) in [6.07, 6.45) is 10.6. The van der Waals surface area contributed by atoms with Crippen LogP contribution in [0.4, 0.5) is 0 Å². The first-order valence-electron chi connectivity index (χ1n) is 7.14. The van der Waals surface area contributed by atoms with Crippen LogP contribution >= 0.6 is 0 Å². The largest absolute Gasteiger partial charge is 0.299 e. The summed E-state index contributed by atoms with van der Waals surface area (Å²) >= 11 is 0. The van der Waals surface area contributed by atoms with E-state index in [4.69, 9.17) is 0 Å². The second kappa shape index (κ2) is 6.42. The molecule has 0 bridgehead atoms. The molecule has 1 saturated carbocycles. The molecule has 0 N–H and O–H groups in total. The van der Waals surface area contributed by atoms with Gasteiger partial charge in [0.1, 0.15) is 5.78 Å². The van der Waals surface area contributed by atoms with Gasteiger partial charge in [0.15, 0.2) is 0 Å². The molecule has 1 unspecified atom stereocenters. The molecule has 16 heavy (non-hydrogen) atoms. The van der Waals surface area contributed by atoms with Crippen molar-refractivity contribution < 1.29 is 4.79 Å². The molecule has 0 spiro atoms. The Morgan fingerprint density at radius 3 is 2.50 bits per heavy atom. The highest BCUT2D eigenvalue weighted by molar-refractivity contribution is 5.81. The van der Waals surface area contributed by atoms with Crippen molar-refractivity contribution in [2.45, 2.75) is 78.6 Å². The van der Waals surface area contributed by atoms with Gasteiger partial charge in [-0.2, -0.15) is 0 Å². The van der Waals surface area contributed by atoms with Crippen LogP contribution in [0.15, 0.2) is 0 Å². The third kappa shape index (κ3) is 3.92. The van der Waals surface area contributed by atoms with E-state index in [1.807, 2.05) is 0 Å². The Hall–Kier alpha value is -0.330. The summed E-state index contributed by atoms with van der Waals surface area (Å²) in [5.41, 5.74) is 0.512. The number of ketones is 1. The molecule has 1 atom stereocenters. The van der Waals surface area contributed by atoms with Crippen LogP contribution in [0.1, 0.15) is 78.6 Å². The quantitative estimate of drug-likeness (QED) is 0.636. The lowest BCUT2D eigenvalue weighted by molar-refractivity contribution is -0.124. The third-order valence-corrected chi connectivity index (χ3v) is 4.72. The van der Waals surface area contributed by atoms with Crippen LogP contribution in [-0.4, -0.2) is 5.78 Å². The summed E-state index contributed by atoms with van der Waals surface area (Å²) in [5, 5.41) is 0. The molecule has 0 saturated heterocycles. The van der Waals surface area contributed by atoms with Crippen molar-refractivity contribution >= 4 is 5.78 Å². The summed E-state index contributed by atoms with van der Waals surface area (Å²) < 4.78 is 0. The van der Waals surface area contributed by atoms with E-state index in [1.54, 1.807) is 0 Å². The second-order valence-corrected chi connectivity index (χ2v) is 5.82. The summed E-state index contributed by atoms with van der Waals surface area (Å²) in [6, 6.07) is 0. The van der Waals surface area contributed by atoms with Crippen LogP contribution in [0.5, 0.6) is 0 Å². The van der Waals surface area contributed by atoms with Crippen LogP contribution < -0.4 is 0 Å². The Balaban J connectivity index is 2.26. The van der Waals surface area contributed by atoms with E-state index in [0.717, 1.165) is 25.7 Å². The normalized spacial score (nSPS) is 22.4. The molecule has 1 heteroatoms. The fourth-order valence-electron chi connectivity index (χ4n) is 2.74. The van der Waals surface area contributed by atoms with Crippen LogP contribution in [0.3, 0.4) is 0 Å². The van der Waals surface area contributed by atoms with E-state index < -0.39 is 0 Å². The maximum absolute atomic E-state index is 11.7. The summed E-state index contributed by atoms with van der Waals surface area (Å²) in [5.74, 6) is 0.952. The van der Waals surface area contributed by atoms with Crippen LogP contribution in [0.2, 0.25) is 0 Å². The van der Waals surface area contributed by atoms with Crippen molar-refractivity contribution in [2.75, 3.05) is 0 Å². The fraction of sp³-hybridized carbons (Fsp3) is 0.933. The first kappa shape index (κ1) is 13.7. The van der Waals surface area contributed by atoms with Gasteiger partial charge >= 0.3 is 0 Å². The molecule has 1 aliphatic carbocycles. The molecule has 0 heterocycles. The minimum absolute atomic E-state index is 0.409. The molecular formula is C15H28O. The molecule has 1 rings (SSSR count). The Bertz CT molecular complexity index is 215. The Morgan fingerprint density at radius 1 is 1.25 bits per heavy atom. The lowest BCUT2D eigenvalue weighted by atomic mass is 9.77. The molecule has 1 fully saturated rings. The Labute approximate surface area is 101 Å². The zero-order chi connectivity index (χ0) is 12.0. The molecule has 1 aliphatic rings. The number of rotatable bonds is 6. The maximum Gasteiger partial charge on any atom is 0.135 e. The molecule has 0 aliphatic heterocycles. The van der Waals surface area contributed by atoms with Crippen LogP contribution in [0.25, 0.3) is 0 Å². The number of carbonyl (C=O) groups excluding carboxylic acids is 1. The van der Waals surface area contributed by atoms with E-state index >= 15 is 0 Å². The van der Waals surface area contributed by atoms with Gasteiger partial charge in [-0.05, 0) is 31.1 Å². The topological polar surface area (TPSA) is 17.1 Å². The second-order valence-electron chi connectivity index (χ2n) is 5.82. The number of carbonyl (C=O) groups is 1. The highest BCUT2D eigenvalue weighted by atomic mass is 16.1. The van der Waals surface area contributed by atoms with E-state index in [2.05, 4.69) is 20.8 Å². The lowest BCUT2D eigenvalue weighted by Gasteiger charge is -2.28. The van der Waals surface area contributed by atoms with E-state index in [1.165, 1.54) is 32.1 Å². The van der Waals surface area contributed by atoms with Crippen molar-refractivity contribution in [1.29, 1.82) is 0 Å². The Kier molecular flexibility index (Phi) is 5.51. The van der Waals surface area contributed by atoms with Crippen molar-refractivity contribution in [3.8, 4) is 0 Å². The minimum atomic E-state index is 0.409. The monoisotopic (exact) mass is 224 g/mol. The highest BCUT2D eigenvalue weighted by Crippen LogP contribution is 2.33. The average Bonchev–Trinajstić information content (AvgIpc) is 2.31. The standard InChI is InChI=1S/C15H28O/c1-4-15(3,5-2)12-8-10-13-9-6-7-11-14(13)16/h13H,4-12H2,1-3H3. The van der Waals surface area contributed by atoms with Crippen molar-refractivity contribution in [3.05, 3.63) is 0 Å². The van der Waals surface area contributed by atoms with E-state index in [9.17, 15) is 4.79 Å². The summed E-state index contributed by atoms with van der Waals surface area (Å²) in [6.45, 7) is 6.96. The van der Waals surface area contributed by atoms with E-state index in [-0.39, 0.29) is 0 Å². The van der Waals surface area contributed by atoms with Gasteiger partial charge in [-0.1, -0.05) is 46.5 Å².